The number of anilines is 1. The molecule has 1 aliphatic heterocycles. The zero-order valence-corrected chi connectivity index (χ0v) is 10.8. The zero-order chi connectivity index (χ0) is 12.5. The summed E-state index contributed by atoms with van der Waals surface area (Å²) < 4.78 is 0. The van der Waals surface area contributed by atoms with Gasteiger partial charge < -0.3 is 10.6 Å². The lowest BCUT2D eigenvalue weighted by molar-refractivity contribution is 0.608. The third kappa shape index (κ3) is 1.85. The van der Waals surface area contributed by atoms with Crippen LogP contribution in [-0.4, -0.2) is 24.1 Å². The summed E-state index contributed by atoms with van der Waals surface area (Å²) in [6, 6.07) is 11.1. The molecule has 0 amide bonds. The van der Waals surface area contributed by atoms with Crippen molar-refractivity contribution in [3.63, 3.8) is 0 Å². The third-order valence-electron chi connectivity index (χ3n) is 3.79. The molecule has 1 aromatic carbocycles. The third-order valence-corrected chi connectivity index (χ3v) is 3.79. The Bertz CT molecular complexity index is 565. The van der Waals surface area contributed by atoms with Crippen molar-refractivity contribution in [1.29, 1.82) is 0 Å². The fourth-order valence-corrected chi connectivity index (χ4v) is 2.76. The van der Waals surface area contributed by atoms with Crippen molar-refractivity contribution in [2.45, 2.75) is 25.8 Å². The van der Waals surface area contributed by atoms with E-state index in [0.29, 0.717) is 6.04 Å². The van der Waals surface area contributed by atoms with E-state index in [2.05, 4.69) is 36.1 Å². The van der Waals surface area contributed by atoms with E-state index in [-0.39, 0.29) is 0 Å². The van der Waals surface area contributed by atoms with E-state index in [1.807, 2.05) is 6.07 Å². The van der Waals surface area contributed by atoms with Gasteiger partial charge in [0, 0.05) is 18.0 Å². The summed E-state index contributed by atoms with van der Waals surface area (Å²) in [6.45, 7) is 4.04. The zero-order valence-electron chi connectivity index (χ0n) is 10.8. The summed E-state index contributed by atoms with van der Waals surface area (Å²) in [5, 5.41) is 1.24. The fraction of sp³-hybridized carbons (Fsp3) is 0.400. The summed E-state index contributed by atoms with van der Waals surface area (Å²) in [7, 11) is 0. The van der Waals surface area contributed by atoms with E-state index in [1.54, 1.807) is 0 Å². The molecule has 0 saturated carbocycles. The molecular formula is C15H19N3. The van der Waals surface area contributed by atoms with Crippen molar-refractivity contribution >= 4 is 16.7 Å². The second kappa shape index (κ2) is 4.58. The molecule has 1 atom stereocenters. The van der Waals surface area contributed by atoms with Crippen LogP contribution in [0.5, 0.6) is 0 Å². The monoisotopic (exact) mass is 241 g/mol. The molecule has 0 bridgehead atoms. The highest BCUT2D eigenvalue weighted by atomic mass is 15.2. The van der Waals surface area contributed by atoms with Crippen LogP contribution in [-0.2, 0) is 6.42 Å². The van der Waals surface area contributed by atoms with Gasteiger partial charge in [0.05, 0.1) is 5.52 Å². The number of nitrogens with zero attached hydrogens (tertiary/aromatic N) is 2. The number of nitrogens with two attached hydrogens (primary N) is 1. The van der Waals surface area contributed by atoms with Gasteiger partial charge in [-0.1, -0.05) is 18.2 Å². The van der Waals surface area contributed by atoms with Crippen LogP contribution in [0, 0.1) is 0 Å². The van der Waals surface area contributed by atoms with Gasteiger partial charge in [-0.15, -0.1) is 0 Å². The molecule has 1 aromatic heterocycles. The van der Waals surface area contributed by atoms with Gasteiger partial charge in [0.15, 0.2) is 0 Å². The molecule has 1 unspecified atom stereocenters. The maximum absolute atomic E-state index is 5.66. The van der Waals surface area contributed by atoms with Crippen molar-refractivity contribution in [2.75, 3.05) is 18.0 Å². The van der Waals surface area contributed by atoms with Crippen LogP contribution in [0.25, 0.3) is 10.9 Å². The average Bonchev–Trinajstić information content (AvgIpc) is 2.79. The maximum Gasteiger partial charge on any atom is 0.132 e. The van der Waals surface area contributed by atoms with Gasteiger partial charge >= 0.3 is 0 Å². The topological polar surface area (TPSA) is 42.1 Å². The van der Waals surface area contributed by atoms with Crippen LogP contribution in [0.3, 0.4) is 0 Å². The average molecular weight is 241 g/mol. The van der Waals surface area contributed by atoms with Gasteiger partial charge in [0.1, 0.15) is 5.82 Å². The Morgan fingerprint density at radius 2 is 2.22 bits per heavy atom. The molecular weight excluding hydrogens is 222 g/mol. The fourth-order valence-electron chi connectivity index (χ4n) is 2.76. The van der Waals surface area contributed by atoms with Gasteiger partial charge in [0.25, 0.3) is 0 Å². The minimum atomic E-state index is 0.477. The number of rotatable bonds is 3. The first-order valence-corrected chi connectivity index (χ1v) is 6.65. The highest BCUT2D eigenvalue weighted by molar-refractivity contribution is 5.82. The van der Waals surface area contributed by atoms with Gasteiger partial charge in [0.2, 0.25) is 0 Å². The summed E-state index contributed by atoms with van der Waals surface area (Å²) in [5.41, 5.74) is 8.12. The molecule has 0 radical (unpaired) electrons. The number of hydrogen-bond acceptors (Lipinski definition) is 3. The van der Waals surface area contributed by atoms with Gasteiger partial charge in [-0.2, -0.15) is 0 Å². The van der Waals surface area contributed by atoms with E-state index >= 15 is 0 Å². The summed E-state index contributed by atoms with van der Waals surface area (Å²) >= 11 is 0. The normalized spacial score (nSPS) is 16.0. The standard InChI is InChI=1S/C15H19N3/c1-11(6-8-16)18-9-7-13-10-12-4-2-3-5-14(12)17-15(13)18/h2-5,10-11H,6-9,16H2,1H3. The molecule has 3 nitrogen and oxygen atoms in total. The molecule has 2 aromatic rings. The Morgan fingerprint density at radius 1 is 1.39 bits per heavy atom. The van der Waals surface area contributed by atoms with E-state index in [9.17, 15) is 0 Å². The molecule has 94 valence electrons. The minimum Gasteiger partial charge on any atom is -0.353 e. The number of aromatic nitrogens is 1. The van der Waals surface area contributed by atoms with Crippen molar-refractivity contribution in [2.24, 2.45) is 5.73 Å². The number of hydrogen-bond donors (Lipinski definition) is 1. The van der Waals surface area contributed by atoms with Crippen molar-refractivity contribution in [3.8, 4) is 0 Å². The van der Waals surface area contributed by atoms with Crippen LogP contribution in [0.2, 0.25) is 0 Å². The summed E-state index contributed by atoms with van der Waals surface area (Å²) in [6.07, 6.45) is 2.12. The Morgan fingerprint density at radius 3 is 3.06 bits per heavy atom. The predicted molar refractivity (Wildman–Crippen MR) is 75.9 cm³/mol. The Hall–Kier alpha value is -1.61. The summed E-state index contributed by atoms with van der Waals surface area (Å²) in [4.78, 5) is 7.22. The Kier molecular flexibility index (Phi) is 2.92. The van der Waals surface area contributed by atoms with Crippen molar-refractivity contribution in [1.82, 2.24) is 4.98 Å². The predicted octanol–water partition coefficient (Wildman–Crippen LogP) is 2.33. The van der Waals surface area contributed by atoms with Crippen LogP contribution in [0.1, 0.15) is 18.9 Å². The second-order valence-corrected chi connectivity index (χ2v) is 5.03. The van der Waals surface area contributed by atoms with E-state index in [1.165, 1.54) is 10.9 Å². The largest absolute Gasteiger partial charge is 0.353 e. The van der Waals surface area contributed by atoms with Crippen LogP contribution in [0.4, 0.5) is 5.82 Å². The number of para-hydroxylation sites is 1. The lowest BCUT2D eigenvalue weighted by Gasteiger charge is -2.26. The van der Waals surface area contributed by atoms with Crippen molar-refractivity contribution < 1.29 is 0 Å². The Labute approximate surface area is 108 Å². The quantitative estimate of drug-likeness (QED) is 0.896. The lowest BCUT2D eigenvalue weighted by atomic mass is 10.1. The van der Waals surface area contributed by atoms with E-state index in [4.69, 9.17) is 10.7 Å². The highest BCUT2D eigenvalue weighted by Crippen LogP contribution is 2.31. The maximum atomic E-state index is 5.66. The molecule has 0 aliphatic carbocycles. The molecule has 18 heavy (non-hydrogen) atoms. The van der Waals surface area contributed by atoms with Crippen LogP contribution >= 0.6 is 0 Å². The molecule has 2 N–H and O–H groups in total. The first-order chi connectivity index (χ1) is 8.79. The van der Waals surface area contributed by atoms with Crippen LogP contribution in [0.15, 0.2) is 30.3 Å². The molecule has 0 spiro atoms. The number of benzene rings is 1. The molecule has 0 saturated heterocycles. The van der Waals surface area contributed by atoms with Crippen molar-refractivity contribution in [3.05, 3.63) is 35.9 Å². The first kappa shape index (κ1) is 11.5. The smallest absolute Gasteiger partial charge is 0.132 e. The molecule has 0 fully saturated rings. The molecule has 1 aliphatic rings. The second-order valence-electron chi connectivity index (χ2n) is 5.03. The van der Waals surface area contributed by atoms with Crippen LogP contribution < -0.4 is 10.6 Å². The van der Waals surface area contributed by atoms with E-state index < -0.39 is 0 Å². The summed E-state index contributed by atoms with van der Waals surface area (Å²) in [5.74, 6) is 1.16. The number of pyridine rings is 1. The SMILES string of the molecule is CC(CCN)N1CCc2cc3ccccc3nc21. The van der Waals surface area contributed by atoms with Gasteiger partial charge in [-0.25, -0.2) is 4.98 Å². The Balaban J connectivity index is 2.02. The molecule has 2 heterocycles. The van der Waals surface area contributed by atoms with Gasteiger partial charge in [-0.3, -0.25) is 0 Å². The number of fused-ring (bicyclic) bond motifs is 2. The minimum absolute atomic E-state index is 0.477. The highest BCUT2D eigenvalue weighted by Gasteiger charge is 2.24. The lowest BCUT2D eigenvalue weighted by Crippen LogP contribution is -2.33. The first-order valence-electron chi connectivity index (χ1n) is 6.65. The molecule has 3 rings (SSSR count). The van der Waals surface area contributed by atoms with E-state index in [0.717, 1.165) is 37.3 Å². The molecule has 3 heteroatoms. The van der Waals surface area contributed by atoms with Gasteiger partial charge in [-0.05, 0) is 44.0 Å².